The van der Waals surface area contributed by atoms with Gasteiger partial charge >= 0.3 is 5.97 Å². The van der Waals surface area contributed by atoms with Gasteiger partial charge in [-0.3, -0.25) is 0 Å². The fourth-order valence-electron chi connectivity index (χ4n) is 1.89. The lowest BCUT2D eigenvalue weighted by atomic mass is 10.2. The van der Waals surface area contributed by atoms with Gasteiger partial charge < -0.3 is 20.2 Å². The number of hydrogen-bond acceptors (Lipinski definition) is 5. The summed E-state index contributed by atoms with van der Waals surface area (Å²) in [4.78, 5) is 16.8. The van der Waals surface area contributed by atoms with Crippen LogP contribution in [0.3, 0.4) is 0 Å². The van der Waals surface area contributed by atoms with Crippen LogP contribution in [0.1, 0.15) is 16.1 Å². The number of pyridine rings is 1. The molecule has 1 aromatic heterocycles. The maximum Gasteiger partial charge on any atom is 0.335 e. The fourth-order valence-corrected chi connectivity index (χ4v) is 1.89. The number of hydrogen-bond donors (Lipinski definition) is 3. The van der Waals surface area contributed by atoms with E-state index in [0.29, 0.717) is 11.5 Å². The number of anilines is 1. The number of carboxylic acids is 1. The molecular formula is C11H14N2O4. The van der Waals surface area contributed by atoms with Gasteiger partial charge in [0.05, 0.1) is 17.8 Å². The molecular weight excluding hydrogens is 224 g/mol. The predicted octanol–water partition coefficient (Wildman–Crippen LogP) is -0.370. The van der Waals surface area contributed by atoms with E-state index in [1.54, 1.807) is 11.8 Å². The largest absolute Gasteiger partial charge is 0.478 e. The van der Waals surface area contributed by atoms with Gasteiger partial charge in [0.1, 0.15) is 5.82 Å². The zero-order valence-corrected chi connectivity index (χ0v) is 9.37. The lowest BCUT2D eigenvalue weighted by Gasteiger charge is -2.17. The molecule has 3 N–H and O–H groups in total. The van der Waals surface area contributed by atoms with Crippen molar-refractivity contribution in [1.82, 2.24) is 4.98 Å². The molecule has 1 aliphatic heterocycles. The molecule has 6 heteroatoms. The highest BCUT2D eigenvalue weighted by Gasteiger charge is 2.30. The number of carbonyl (C=O) groups is 1. The minimum atomic E-state index is -1.02. The second kappa shape index (κ2) is 4.31. The SMILES string of the molecule is Cc1cc(C(=O)O)cc(N2CC(O)C(O)C2)n1. The van der Waals surface area contributed by atoms with Crippen LogP contribution in [0.25, 0.3) is 0 Å². The zero-order chi connectivity index (χ0) is 12.6. The normalized spacial score (nSPS) is 24.1. The van der Waals surface area contributed by atoms with Crippen LogP contribution in [0.15, 0.2) is 12.1 Å². The minimum Gasteiger partial charge on any atom is -0.478 e. The van der Waals surface area contributed by atoms with Crippen LogP contribution in [-0.2, 0) is 0 Å². The molecule has 1 saturated heterocycles. The number of aromatic nitrogens is 1. The second-order valence-corrected chi connectivity index (χ2v) is 4.20. The summed E-state index contributed by atoms with van der Waals surface area (Å²) in [6, 6.07) is 2.93. The van der Waals surface area contributed by atoms with Crippen LogP contribution in [0.4, 0.5) is 5.82 Å². The lowest BCUT2D eigenvalue weighted by Crippen LogP contribution is -2.22. The Kier molecular flexibility index (Phi) is 2.99. The Balaban J connectivity index is 2.30. The molecule has 2 rings (SSSR count). The first-order chi connectivity index (χ1) is 7.97. The van der Waals surface area contributed by atoms with Gasteiger partial charge in [-0.1, -0.05) is 0 Å². The summed E-state index contributed by atoms with van der Waals surface area (Å²) >= 11 is 0. The van der Waals surface area contributed by atoms with E-state index < -0.39 is 18.2 Å². The fraction of sp³-hybridized carbons (Fsp3) is 0.455. The quantitative estimate of drug-likeness (QED) is 0.651. The Labute approximate surface area is 98.1 Å². The first-order valence-corrected chi connectivity index (χ1v) is 5.30. The van der Waals surface area contributed by atoms with Crippen molar-refractivity contribution < 1.29 is 20.1 Å². The Morgan fingerprint density at radius 3 is 2.47 bits per heavy atom. The molecule has 0 amide bonds. The number of aromatic carboxylic acids is 1. The van der Waals surface area contributed by atoms with E-state index >= 15 is 0 Å². The molecule has 0 radical (unpaired) electrons. The van der Waals surface area contributed by atoms with Gasteiger partial charge in [-0.05, 0) is 19.1 Å². The summed E-state index contributed by atoms with van der Waals surface area (Å²) < 4.78 is 0. The number of carboxylic acid groups (broad SMARTS) is 1. The molecule has 0 aromatic carbocycles. The van der Waals surface area contributed by atoms with Crippen LogP contribution < -0.4 is 4.90 Å². The van der Waals surface area contributed by atoms with E-state index in [0.717, 1.165) is 0 Å². The van der Waals surface area contributed by atoms with E-state index in [9.17, 15) is 15.0 Å². The van der Waals surface area contributed by atoms with Crippen LogP contribution in [0.5, 0.6) is 0 Å². The van der Waals surface area contributed by atoms with Gasteiger partial charge in [0.15, 0.2) is 0 Å². The maximum absolute atomic E-state index is 10.9. The number of β-amino-alcohol motifs (C(OH)–C–C–N with tert-alkyl or cyclic N) is 2. The van der Waals surface area contributed by atoms with Crippen molar-refractivity contribution in [2.45, 2.75) is 19.1 Å². The van der Waals surface area contributed by atoms with Gasteiger partial charge in [-0.2, -0.15) is 0 Å². The molecule has 1 aliphatic rings. The monoisotopic (exact) mass is 238 g/mol. The Hall–Kier alpha value is -1.66. The van der Waals surface area contributed by atoms with Crippen molar-refractivity contribution in [3.05, 3.63) is 23.4 Å². The summed E-state index contributed by atoms with van der Waals surface area (Å²) in [5.41, 5.74) is 0.749. The summed E-state index contributed by atoms with van der Waals surface area (Å²) in [6.07, 6.45) is -1.63. The number of nitrogens with zero attached hydrogens (tertiary/aromatic N) is 2. The van der Waals surface area contributed by atoms with E-state index in [2.05, 4.69) is 4.98 Å². The smallest absolute Gasteiger partial charge is 0.335 e. The molecule has 2 unspecified atom stereocenters. The van der Waals surface area contributed by atoms with Crippen molar-refractivity contribution in [3.8, 4) is 0 Å². The summed E-state index contributed by atoms with van der Waals surface area (Å²) in [7, 11) is 0. The number of rotatable bonds is 2. The van der Waals surface area contributed by atoms with Crippen molar-refractivity contribution in [2.24, 2.45) is 0 Å². The molecule has 92 valence electrons. The van der Waals surface area contributed by atoms with Crippen molar-refractivity contribution in [2.75, 3.05) is 18.0 Å². The highest BCUT2D eigenvalue weighted by atomic mass is 16.4. The summed E-state index contributed by atoms with van der Waals surface area (Å²) in [5, 5.41) is 27.8. The van der Waals surface area contributed by atoms with Gasteiger partial charge in [-0.15, -0.1) is 0 Å². The van der Waals surface area contributed by atoms with Crippen LogP contribution in [-0.4, -0.2) is 51.6 Å². The molecule has 1 aromatic rings. The van der Waals surface area contributed by atoms with Crippen LogP contribution in [0, 0.1) is 6.92 Å². The average molecular weight is 238 g/mol. The Bertz CT molecular complexity index is 439. The second-order valence-electron chi connectivity index (χ2n) is 4.20. The average Bonchev–Trinajstić information content (AvgIpc) is 2.58. The molecule has 17 heavy (non-hydrogen) atoms. The van der Waals surface area contributed by atoms with E-state index in [-0.39, 0.29) is 18.7 Å². The first kappa shape index (κ1) is 11.8. The third-order valence-electron chi connectivity index (χ3n) is 2.77. The summed E-state index contributed by atoms with van der Waals surface area (Å²) in [5.74, 6) is -0.546. The van der Waals surface area contributed by atoms with E-state index in [1.807, 2.05) is 0 Å². The van der Waals surface area contributed by atoms with Crippen molar-refractivity contribution in [3.63, 3.8) is 0 Å². The predicted molar refractivity (Wildman–Crippen MR) is 60.2 cm³/mol. The van der Waals surface area contributed by atoms with E-state index in [1.165, 1.54) is 12.1 Å². The molecule has 0 aliphatic carbocycles. The molecule has 1 fully saturated rings. The first-order valence-electron chi connectivity index (χ1n) is 5.30. The standard InChI is InChI=1S/C11H14N2O4/c1-6-2-7(11(16)17)3-10(12-6)13-4-8(14)9(15)5-13/h2-3,8-9,14-15H,4-5H2,1H3,(H,16,17). The maximum atomic E-state index is 10.9. The van der Waals surface area contributed by atoms with Gasteiger partial charge in [-0.25, -0.2) is 9.78 Å². The number of aryl methyl sites for hydroxylation is 1. The number of aliphatic hydroxyl groups is 2. The highest BCUT2D eigenvalue weighted by Crippen LogP contribution is 2.20. The lowest BCUT2D eigenvalue weighted by molar-refractivity contribution is 0.0572. The van der Waals surface area contributed by atoms with Gasteiger partial charge in [0.2, 0.25) is 0 Å². The number of aliphatic hydroxyl groups excluding tert-OH is 2. The van der Waals surface area contributed by atoms with Crippen LogP contribution in [0.2, 0.25) is 0 Å². The van der Waals surface area contributed by atoms with Gasteiger partial charge in [0.25, 0.3) is 0 Å². The zero-order valence-electron chi connectivity index (χ0n) is 9.37. The molecule has 0 spiro atoms. The van der Waals surface area contributed by atoms with Gasteiger partial charge in [0, 0.05) is 18.8 Å². The molecule has 0 saturated carbocycles. The summed E-state index contributed by atoms with van der Waals surface area (Å²) in [6.45, 7) is 2.23. The molecule has 0 bridgehead atoms. The Morgan fingerprint density at radius 1 is 1.35 bits per heavy atom. The van der Waals surface area contributed by atoms with Crippen LogP contribution >= 0.6 is 0 Å². The molecule has 6 nitrogen and oxygen atoms in total. The molecule has 2 atom stereocenters. The third-order valence-corrected chi connectivity index (χ3v) is 2.77. The third kappa shape index (κ3) is 2.37. The van der Waals surface area contributed by atoms with E-state index in [4.69, 9.17) is 5.11 Å². The topological polar surface area (TPSA) is 93.9 Å². The van der Waals surface area contributed by atoms with Crippen molar-refractivity contribution >= 4 is 11.8 Å². The van der Waals surface area contributed by atoms with Crippen molar-refractivity contribution in [1.29, 1.82) is 0 Å². The Morgan fingerprint density at radius 2 is 1.94 bits per heavy atom. The minimum absolute atomic E-state index is 0.156. The molecule has 2 heterocycles. The highest BCUT2D eigenvalue weighted by molar-refractivity contribution is 5.88.